The van der Waals surface area contributed by atoms with Crippen LogP contribution < -0.4 is 16.0 Å². The average molecular weight is 763 g/mol. The number of aliphatic imine (C=N–C) groups is 1. The van der Waals surface area contributed by atoms with Crippen LogP contribution in [0.2, 0.25) is 0 Å². The molecule has 0 bridgehead atoms. The molecule has 0 saturated carbocycles. The van der Waals surface area contributed by atoms with Gasteiger partial charge in [-0.2, -0.15) is 0 Å². The Kier molecular flexibility index (Phi) is 12.6. The van der Waals surface area contributed by atoms with Gasteiger partial charge in [0.25, 0.3) is 0 Å². The first-order valence-electron chi connectivity index (χ1n) is 19.2. The van der Waals surface area contributed by atoms with Crippen LogP contribution in [0.5, 0.6) is 0 Å². The number of alkyl carbamates (subject to hydrolysis) is 2. The molecule has 3 aliphatic rings. The van der Waals surface area contributed by atoms with Crippen molar-refractivity contribution in [1.82, 2.24) is 35.7 Å². The fourth-order valence-corrected chi connectivity index (χ4v) is 7.48. The Morgan fingerprint density at radius 1 is 0.786 bits per heavy atom. The number of likely N-dealkylation sites (tertiary alicyclic amines) is 2. The van der Waals surface area contributed by atoms with Crippen molar-refractivity contribution < 1.29 is 28.7 Å². The van der Waals surface area contributed by atoms with Crippen LogP contribution in [-0.2, 0) is 19.1 Å². The largest absolute Gasteiger partial charge is 0.453 e. The average Bonchev–Trinajstić information content (AvgIpc) is 4.03. The van der Waals surface area contributed by atoms with Gasteiger partial charge in [0.2, 0.25) is 11.8 Å². The van der Waals surface area contributed by atoms with E-state index >= 15 is 0 Å². The van der Waals surface area contributed by atoms with Crippen LogP contribution in [0, 0.1) is 35.5 Å². The number of nitrogens with one attached hydrogen (secondary N) is 4. The van der Waals surface area contributed by atoms with E-state index in [2.05, 4.69) is 49.6 Å². The van der Waals surface area contributed by atoms with Crippen LogP contribution in [0.1, 0.15) is 82.1 Å². The Morgan fingerprint density at radius 3 is 1.96 bits per heavy atom. The third-order valence-electron chi connectivity index (χ3n) is 10.5. The number of nitrogens with zero attached hydrogens (tertiary/aromatic N) is 4. The summed E-state index contributed by atoms with van der Waals surface area (Å²) in [5.74, 6) is 13.1. The van der Waals surface area contributed by atoms with Crippen molar-refractivity contribution >= 4 is 40.5 Å². The lowest BCUT2D eigenvalue weighted by Gasteiger charge is -2.32. The molecule has 14 nitrogen and oxygen atoms in total. The lowest BCUT2D eigenvalue weighted by atomic mass is 10.0. The smallest absolute Gasteiger partial charge is 0.407 e. The van der Waals surface area contributed by atoms with Crippen LogP contribution in [0.15, 0.2) is 47.6 Å². The number of imidazole rings is 1. The molecule has 56 heavy (non-hydrogen) atoms. The Hall–Kier alpha value is -5.86. The molecular formula is C42H50N8O6. The second-order valence-electron chi connectivity index (χ2n) is 15.0. The van der Waals surface area contributed by atoms with E-state index in [1.54, 1.807) is 11.1 Å². The molecule has 294 valence electrons. The minimum atomic E-state index is -0.697. The number of amides is 4. The zero-order valence-electron chi connectivity index (χ0n) is 32.8. The number of rotatable bonds is 8. The number of fused-ring (bicyclic) bond motifs is 1. The molecule has 5 atom stereocenters. The highest BCUT2D eigenvalue weighted by Gasteiger charge is 2.40. The lowest BCUT2D eigenvalue weighted by Crippen LogP contribution is -2.55. The highest BCUT2D eigenvalue weighted by Crippen LogP contribution is 2.31. The summed E-state index contributed by atoms with van der Waals surface area (Å²) >= 11 is 0. The van der Waals surface area contributed by atoms with Crippen molar-refractivity contribution in [1.29, 1.82) is 0 Å². The maximum absolute atomic E-state index is 13.5. The van der Waals surface area contributed by atoms with Gasteiger partial charge in [-0.05, 0) is 84.4 Å². The van der Waals surface area contributed by atoms with E-state index in [1.165, 1.54) is 14.2 Å². The van der Waals surface area contributed by atoms with Crippen molar-refractivity contribution in [2.24, 2.45) is 16.8 Å². The van der Waals surface area contributed by atoms with Gasteiger partial charge >= 0.3 is 12.2 Å². The summed E-state index contributed by atoms with van der Waals surface area (Å²) in [7, 11) is 2.57. The number of hydrogen-bond donors (Lipinski definition) is 4. The Labute approximate surface area is 327 Å². The summed E-state index contributed by atoms with van der Waals surface area (Å²) < 4.78 is 9.48. The Balaban J connectivity index is 1.09. The minimum Gasteiger partial charge on any atom is -0.453 e. The van der Waals surface area contributed by atoms with E-state index < -0.39 is 24.3 Å². The van der Waals surface area contributed by atoms with Gasteiger partial charge < -0.3 is 34.9 Å². The molecule has 14 heteroatoms. The minimum absolute atomic E-state index is 0.0974. The number of benzene rings is 2. The quantitative estimate of drug-likeness (QED) is 0.249. The van der Waals surface area contributed by atoms with E-state index in [-0.39, 0.29) is 41.9 Å². The van der Waals surface area contributed by atoms with Crippen molar-refractivity contribution in [3.8, 4) is 23.7 Å². The molecule has 6 rings (SSSR count). The zero-order valence-corrected chi connectivity index (χ0v) is 32.8. The van der Waals surface area contributed by atoms with Gasteiger partial charge in [0.05, 0.1) is 32.5 Å². The van der Waals surface area contributed by atoms with E-state index in [0.717, 1.165) is 53.3 Å². The maximum atomic E-state index is 13.5. The highest BCUT2D eigenvalue weighted by molar-refractivity contribution is 6.03. The SMILES string of the molecule is COC(=O)NC(C(=O)N1CCCC1c1ncc(C#Cc2ccc3cc(C#CC4=NC(C5CCCN5C(=O)C(NC(=O)OC)C(C)C)NC4)ccc3c2)[nH]1)C(C)C. The van der Waals surface area contributed by atoms with Crippen molar-refractivity contribution in [3.05, 3.63) is 65.2 Å². The van der Waals surface area contributed by atoms with Crippen molar-refractivity contribution in [3.63, 3.8) is 0 Å². The Bertz CT molecular complexity index is 2120. The summed E-state index contributed by atoms with van der Waals surface area (Å²) in [4.78, 5) is 67.1. The van der Waals surface area contributed by atoms with Crippen LogP contribution >= 0.6 is 0 Å². The number of aromatic amines is 1. The predicted octanol–water partition coefficient (Wildman–Crippen LogP) is 4.10. The summed E-state index contributed by atoms with van der Waals surface area (Å²) in [6.45, 7) is 9.28. The summed E-state index contributed by atoms with van der Waals surface area (Å²) in [6, 6.07) is 10.3. The topological polar surface area (TPSA) is 170 Å². The van der Waals surface area contributed by atoms with E-state index in [0.29, 0.717) is 31.2 Å². The van der Waals surface area contributed by atoms with Gasteiger partial charge in [0.1, 0.15) is 35.5 Å². The van der Waals surface area contributed by atoms with E-state index in [9.17, 15) is 19.2 Å². The molecule has 4 heterocycles. The molecule has 2 aromatic carbocycles. The van der Waals surface area contributed by atoms with Gasteiger partial charge in [-0.15, -0.1) is 0 Å². The molecule has 4 amide bonds. The summed E-state index contributed by atoms with van der Waals surface area (Å²) in [5.41, 5.74) is 3.08. The molecule has 3 aromatic rings. The number of carbonyl (C=O) groups is 4. The van der Waals surface area contributed by atoms with Crippen LogP contribution in [0.4, 0.5) is 9.59 Å². The number of carbonyl (C=O) groups excluding carboxylic acids is 4. The summed E-state index contributed by atoms with van der Waals surface area (Å²) in [6.07, 6.45) is 3.44. The van der Waals surface area contributed by atoms with Gasteiger partial charge in [-0.3, -0.25) is 19.9 Å². The van der Waals surface area contributed by atoms with Crippen molar-refractivity contribution in [2.45, 2.75) is 83.7 Å². The molecule has 4 N–H and O–H groups in total. The molecule has 0 radical (unpaired) electrons. The molecule has 5 unspecified atom stereocenters. The fourth-order valence-electron chi connectivity index (χ4n) is 7.48. The number of aromatic nitrogens is 2. The number of ether oxygens (including phenoxy) is 2. The standard InChI is InChI=1S/C42H50N8O6/c1-25(2)35(47-41(53)55-5)39(51)49-19-7-9-33(49)37-43-23-31(45-37)17-13-27-11-15-30-22-28(12-16-29(30)21-27)14-18-32-24-44-38(46-32)34-10-8-20-50(34)40(52)36(26(3)4)48-42(54)56-6/h11-12,15-16,21-23,25-26,33-36,38,44H,7-10,19-20,24H2,1-6H3,(H,43,45)(H,47,53)(H,48,54). The van der Waals surface area contributed by atoms with Gasteiger partial charge in [-0.1, -0.05) is 51.7 Å². The van der Waals surface area contributed by atoms with Gasteiger partial charge in [-0.25, -0.2) is 14.6 Å². The predicted molar refractivity (Wildman–Crippen MR) is 211 cm³/mol. The highest BCUT2D eigenvalue weighted by atomic mass is 16.5. The molecule has 2 saturated heterocycles. The monoisotopic (exact) mass is 762 g/mol. The second-order valence-corrected chi connectivity index (χ2v) is 15.0. The van der Waals surface area contributed by atoms with Crippen molar-refractivity contribution in [2.75, 3.05) is 33.9 Å². The third kappa shape index (κ3) is 9.15. The van der Waals surface area contributed by atoms with Gasteiger partial charge in [0, 0.05) is 30.8 Å². The van der Waals surface area contributed by atoms with Crippen LogP contribution in [-0.4, -0.2) is 108 Å². The first-order chi connectivity index (χ1) is 26.9. The van der Waals surface area contributed by atoms with Gasteiger partial charge in [0.15, 0.2) is 0 Å². The first kappa shape index (κ1) is 39.8. The van der Waals surface area contributed by atoms with E-state index in [1.807, 2.05) is 69.0 Å². The fraction of sp³-hybridized carbons (Fsp3) is 0.476. The number of H-pyrrole nitrogens is 1. The van der Waals surface area contributed by atoms with Crippen LogP contribution in [0.3, 0.4) is 0 Å². The molecular weight excluding hydrogens is 713 g/mol. The molecule has 0 aliphatic carbocycles. The number of hydrogen-bond acceptors (Lipinski definition) is 9. The lowest BCUT2D eigenvalue weighted by molar-refractivity contribution is -0.136. The number of methoxy groups -OCH3 is 2. The maximum Gasteiger partial charge on any atom is 0.407 e. The molecule has 0 spiro atoms. The summed E-state index contributed by atoms with van der Waals surface area (Å²) in [5, 5.41) is 10.8. The third-order valence-corrected chi connectivity index (χ3v) is 10.5. The normalized spacial score (nSPS) is 20.1. The van der Waals surface area contributed by atoms with Crippen LogP contribution in [0.25, 0.3) is 10.8 Å². The molecule has 2 fully saturated rings. The van der Waals surface area contributed by atoms with E-state index in [4.69, 9.17) is 14.5 Å². The molecule has 1 aromatic heterocycles. The zero-order chi connectivity index (χ0) is 39.9. The Morgan fingerprint density at radius 2 is 1.36 bits per heavy atom. The first-order valence-corrected chi connectivity index (χ1v) is 19.2. The second kappa shape index (κ2) is 17.7. The molecule has 3 aliphatic heterocycles.